The summed E-state index contributed by atoms with van der Waals surface area (Å²) in [7, 11) is 1.58. The first-order valence-corrected chi connectivity index (χ1v) is 6.77. The van der Waals surface area contributed by atoms with E-state index in [1.807, 2.05) is 12.1 Å². The fraction of sp³-hybridized carbons (Fsp3) is 0.333. The van der Waals surface area contributed by atoms with Gasteiger partial charge in [-0.25, -0.2) is 4.79 Å². The number of ether oxygens (including phenoxy) is 1. The fourth-order valence-electron chi connectivity index (χ4n) is 2.57. The molecular formula is C15H16N2O4. The van der Waals surface area contributed by atoms with E-state index in [2.05, 4.69) is 10.3 Å². The molecule has 1 saturated carbocycles. The number of hydrogen-bond donors (Lipinski definition) is 3. The van der Waals surface area contributed by atoms with Crippen molar-refractivity contribution in [2.24, 2.45) is 0 Å². The Labute approximate surface area is 121 Å². The van der Waals surface area contributed by atoms with Crippen molar-refractivity contribution < 1.29 is 19.4 Å². The van der Waals surface area contributed by atoms with Crippen LogP contribution in [0, 0.1) is 0 Å². The highest BCUT2D eigenvalue weighted by Gasteiger charge is 2.45. The summed E-state index contributed by atoms with van der Waals surface area (Å²) in [5.41, 5.74) is 0.0520. The molecule has 21 heavy (non-hydrogen) atoms. The molecule has 1 amide bonds. The van der Waals surface area contributed by atoms with Gasteiger partial charge >= 0.3 is 5.97 Å². The third kappa shape index (κ3) is 2.22. The summed E-state index contributed by atoms with van der Waals surface area (Å²) >= 11 is 0. The minimum absolute atomic E-state index is 0.353. The summed E-state index contributed by atoms with van der Waals surface area (Å²) in [6, 6.07) is 7.13. The van der Waals surface area contributed by atoms with E-state index in [0.717, 1.165) is 17.3 Å². The first kappa shape index (κ1) is 13.5. The van der Waals surface area contributed by atoms with Crippen molar-refractivity contribution >= 4 is 22.8 Å². The monoisotopic (exact) mass is 288 g/mol. The van der Waals surface area contributed by atoms with E-state index in [4.69, 9.17) is 4.74 Å². The summed E-state index contributed by atoms with van der Waals surface area (Å²) in [4.78, 5) is 26.5. The predicted octanol–water partition coefficient (Wildman–Crippen LogP) is 1.91. The zero-order chi connectivity index (χ0) is 15.0. The van der Waals surface area contributed by atoms with Crippen LogP contribution >= 0.6 is 0 Å². The maximum absolute atomic E-state index is 12.2. The maximum Gasteiger partial charge on any atom is 0.329 e. The van der Waals surface area contributed by atoms with Crippen LogP contribution < -0.4 is 10.1 Å². The molecule has 0 unspecified atom stereocenters. The quantitative estimate of drug-likeness (QED) is 0.801. The number of aromatic nitrogens is 1. The number of carboxylic acid groups (broad SMARTS) is 1. The zero-order valence-corrected chi connectivity index (χ0v) is 11.6. The van der Waals surface area contributed by atoms with Crippen LogP contribution in [0.1, 0.15) is 29.8 Å². The van der Waals surface area contributed by atoms with Crippen molar-refractivity contribution in [2.75, 3.05) is 7.11 Å². The number of carbonyl (C=O) groups excluding carboxylic acids is 1. The molecule has 1 heterocycles. The van der Waals surface area contributed by atoms with Crippen molar-refractivity contribution in [1.82, 2.24) is 10.3 Å². The van der Waals surface area contributed by atoms with E-state index in [9.17, 15) is 14.7 Å². The maximum atomic E-state index is 12.2. The van der Waals surface area contributed by atoms with E-state index in [1.54, 1.807) is 19.2 Å². The first-order valence-electron chi connectivity index (χ1n) is 6.77. The van der Waals surface area contributed by atoms with Crippen molar-refractivity contribution in [2.45, 2.75) is 24.8 Å². The summed E-state index contributed by atoms with van der Waals surface area (Å²) in [6.45, 7) is 0. The van der Waals surface area contributed by atoms with E-state index >= 15 is 0 Å². The lowest BCUT2D eigenvalue weighted by Gasteiger charge is -2.38. The van der Waals surface area contributed by atoms with Gasteiger partial charge in [0.25, 0.3) is 5.91 Å². The Bertz CT molecular complexity index is 716. The van der Waals surface area contributed by atoms with Gasteiger partial charge in [0.2, 0.25) is 0 Å². The molecule has 0 radical (unpaired) electrons. The molecule has 110 valence electrons. The van der Waals surface area contributed by atoms with Gasteiger partial charge in [-0.2, -0.15) is 0 Å². The van der Waals surface area contributed by atoms with Gasteiger partial charge in [0.15, 0.2) is 0 Å². The molecule has 1 aromatic heterocycles. The third-order valence-electron chi connectivity index (χ3n) is 4.04. The standard InChI is InChI=1S/C15H16N2O4/c1-21-10-3-4-11-9(7-10)8-12(16-11)13(18)17-15(14(19)20)5-2-6-15/h3-4,7-8,16H,2,5-6H2,1H3,(H,17,18)(H,19,20). The zero-order valence-electron chi connectivity index (χ0n) is 11.6. The molecule has 1 aliphatic rings. The van der Waals surface area contributed by atoms with Crippen LogP contribution in [0.5, 0.6) is 5.75 Å². The molecule has 3 rings (SSSR count). The first-order chi connectivity index (χ1) is 10.0. The highest BCUT2D eigenvalue weighted by molar-refractivity contribution is 6.00. The number of methoxy groups -OCH3 is 1. The second-order valence-electron chi connectivity index (χ2n) is 5.33. The summed E-state index contributed by atoms with van der Waals surface area (Å²) in [6.07, 6.45) is 1.76. The number of carbonyl (C=O) groups is 2. The Morgan fingerprint density at radius 3 is 2.67 bits per heavy atom. The number of amides is 1. The van der Waals surface area contributed by atoms with Crippen molar-refractivity contribution in [3.05, 3.63) is 30.0 Å². The molecule has 0 atom stereocenters. The van der Waals surface area contributed by atoms with Crippen molar-refractivity contribution in [3.8, 4) is 5.75 Å². The molecule has 0 aliphatic heterocycles. The van der Waals surface area contributed by atoms with Gasteiger partial charge < -0.3 is 20.1 Å². The molecule has 1 aromatic carbocycles. The molecule has 6 nitrogen and oxygen atoms in total. The molecule has 1 fully saturated rings. The third-order valence-corrected chi connectivity index (χ3v) is 4.04. The van der Waals surface area contributed by atoms with Gasteiger partial charge in [-0.1, -0.05) is 0 Å². The average molecular weight is 288 g/mol. The largest absolute Gasteiger partial charge is 0.497 e. The van der Waals surface area contributed by atoms with Crippen LogP contribution in [-0.2, 0) is 4.79 Å². The van der Waals surface area contributed by atoms with E-state index in [1.165, 1.54) is 0 Å². The van der Waals surface area contributed by atoms with Crippen LogP contribution in [0.2, 0.25) is 0 Å². The Kier molecular flexibility index (Phi) is 3.08. The Morgan fingerprint density at radius 2 is 2.10 bits per heavy atom. The van der Waals surface area contributed by atoms with E-state index in [0.29, 0.717) is 24.3 Å². The Balaban J connectivity index is 1.86. The minimum Gasteiger partial charge on any atom is -0.497 e. The number of H-pyrrole nitrogens is 1. The number of aromatic amines is 1. The summed E-state index contributed by atoms with van der Waals surface area (Å²) < 4.78 is 5.14. The average Bonchev–Trinajstić information content (AvgIpc) is 2.84. The number of aliphatic carboxylic acids is 1. The number of benzene rings is 1. The van der Waals surface area contributed by atoms with Crippen LogP contribution in [0.25, 0.3) is 10.9 Å². The predicted molar refractivity (Wildman–Crippen MR) is 76.5 cm³/mol. The van der Waals surface area contributed by atoms with Crippen LogP contribution in [-0.4, -0.2) is 34.6 Å². The molecule has 2 aromatic rings. The van der Waals surface area contributed by atoms with Gasteiger partial charge in [0.05, 0.1) is 7.11 Å². The van der Waals surface area contributed by atoms with Gasteiger partial charge in [-0.3, -0.25) is 4.79 Å². The number of carboxylic acids is 1. The number of rotatable bonds is 4. The molecule has 0 bridgehead atoms. The van der Waals surface area contributed by atoms with Crippen LogP contribution in [0.3, 0.4) is 0 Å². The second-order valence-corrected chi connectivity index (χ2v) is 5.33. The summed E-state index contributed by atoms with van der Waals surface area (Å²) in [5, 5.41) is 12.7. The second kappa shape index (κ2) is 4.80. The smallest absolute Gasteiger partial charge is 0.329 e. The van der Waals surface area contributed by atoms with Gasteiger partial charge in [-0.15, -0.1) is 0 Å². The minimum atomic E-state index is -1.11. The molecule has 6 heteroatoms. The molecule has 0 spiro atoms. The topological polar surface area (TPSA) is 91.4 Å². The lowest BCUT2D eigenvalue weighted by molar-refractivity contribution is -0.148. The lowest BCUT2D eigenvalue weighted by Crippen LogP contribution is -2.59. The van der Waals surface area contributed by atoms with Gasteiger partial charge in [-0.05, 0) is 43.5 Å². The molecule has 0 saturated heterocycles. The number of nitrogens with one attached hydrogen (secondary N) is 2. The van der Waals surface area contributed by atoms with E-state index in [-0.39, 0.29) is 0 Å². The Hall–Kier alpha value is -2.50. The Morgan fingerprint density at radius 1 is 1.33 bits per heavy atom. The summed E-state index contributed by atoms with van der Waals surface area (Å²) in [5.74, 6) is -0.665. The van der Waals surface area contributed by atoms with Gasteiger partial charge in [0, 0.05) is 10.9 Å². The number of hydrogen-bond acceptors (Lipinski definition) is 3. The SMILES string of the molecule is COc1ccc2[nH]c(C(=O)NC3(C(=O)O)CCC3)cc2c1. The lowest BCUT2D eigenvalue weighted by atomic mass is 9.76. The van der Waals surface area contributed by atoms with Crippen molar-refractivity contribution in [3.63, 3.8) is 0 Å². The van der Waals surface area contributed by atoms with Crippen molar-refractivity contribution in [1.29, 1.82) is 0 Å². The highest BCUT2D eigenvalue weighted by atomic mass is 16.5. The normalized spacial score (nSPS) is 16.2. The van der Waals surface area contributed by atoms with Crippen LogP contribution in [0.15, 0.2) is 24.3 Å². The number of fused-ring (bicyclic) bond motifs is 1. The highest BCUT2D eigenvalue weighted by Crippen LogP contribution is 2.32. The van der Waals surface area contributed by atoms with E-state index < -0.39 is 17.4 Å². The van der Waals surface area contributed by atoms with Gasteiger partial charge in [0.1, 0.15) is 17.0 Å². The fourth-order valence-corrected chi connectivity index (χ4v) is 2.57. The molecule has 1 aliphatic carbocycles. The van der Waals surface area contributed by atoms with Crippen LogP contribution in [0.4, 0.5) is 0 Å². The molecule has 3 N–H and O–H groups in total. The molecular weight excluding hydrogens is 272 g/mol.